The quantitative estimate of drug-likeness (QED) is 0.290. The van der Waals surface area contributed by atoms with Gasteiger partial charge in [0.05, 0.1) is 13.2 Å². The molecular formula is C13H21N3O3. The predicted molar refractivity (Wildman–Crippen MR) is 74.9 cm³/mol. The van der Waals surface area contributed by atoms with Gasteiger partial charge in [0.2, 0.25) is 0 Å². The Labute approximate surface area is 113 Å². The Balaban J connectivity index is 2.95. The number of benzene rings is 1. The summed E-state index contributed by atoms with van der Waals surface area (Å²) in [4.78, 5) is 2.02. The molecule has 106 valence electrons. The molecule has 1 aromatic rings. The molecule has 1 rings (SSSR count). The van der Waals surface area contributed by atoms with E-state index in [-0.39, 0.29) is 12.4 Å². The minimum Gasteiger partial charge on any atom is -0.409 e. The Bertz CT molecular complexity index is 435. The van der Waals surface area contributed by atoms with Crippen LogP contribution in [0.25, 0.3) is 0 Å². The topological polar surface area (TPSA) is 91.3 Å². The normalized spacial score (nSPS) is 11.6. The zero-order valence-corrected chi connectivity index (χ0v) is 11.3. The zero-order valence-electron chi connectivity index (χ0n) is 11.3. The van der Waals surface area contributed by atoms with Crippen molar-refractivity contribution in [2.45, 2.75) is 6.92 Å². The number of aliphatic hydroxyl groups is 1. The molecule has 0 aliphatic rings. The summed E-state index contributed by atoms with van der Waals surface area (Å²) < 4.78 is 5.05. The number of rotatable bonds is 7. The number of amidine groups is 1. The molecule has 0 aliphatic heterocycles. The van der Waals surface area contributed by atoms with Gasteiger partial charge in [0.15, 0.2) is 5.84 Å². The standard InChI is InChI=1S/C13H21N3O3/c1-10-9-11(3-4-12(10)13(14)15-18)16(5-7-17)6-8-19-2/h3-4,9,17-18H,5-8H2,1-2H3,(H2,14,15). The number of aryl methyl sites for hydroxylation is 1. The number of aliphatic hydroxyl groups excluding tert-OH is 1. The average molecular weight is 267 g/mol. The number of nitrogens with zero attached hydrogens (tertiary/aromatic N) is 2. The third-order valence-corrected chi connectivity index (χ3v) is 2.89. The van der Waals surface area contributed by atoms with Gasteiger partial charge in [-0.3, -0.25) is 0 Å². The highest BCUT2D eigenvalue weighted by molar-refractivity contribution is 5.98. The molecule has 0 radical (unpaired) electrons. The van der Waals surface area contributed by atoms with Gasteiger partial charge in [-0.25, -0.2) is 0 Å². The monoisotopic (exact) mass is 267 g/mol. The van der Waals surface area contributed by atoms with E-state index in [1.165, 1.54) is 0 Å². The highest BCUT2D eigenvalue weighted by atomic mass is 16.5. The molecule has 6 heteroatoms. The van der Waals surface area contributed by atoms with E-state index in [9.17, 15) is 0 Å². The zero-order chi connectivity index (χ0) is 14.3. The Hall–Kier alpha value is -1.79. The van der Waals surface area contributed by atoms with Crippen LogP contribution in [0.15, 0.2) is 23.4 Å². The van der Waals surface area contributed by atoms with Crippen LogP contribution in [-0.4, -0.2) is 49.6 Å². The largest absolute Gasteiger partial charge is 0.409 e. The van der Waals surface area contributed by atoms with E-state index in [4.69, 9.17) is 20.8 Å². The number of ether oxygens (including phenoxy) is 1. The van der Waals surface area contributed by atoms with Crippen molar-refractivity contribution in [3.63, 3.8) is 0 Å². The fourth-order valence-electron chi connectivity index (χ4n) is 1.88. The summed E-state index contributed by atoms with van der Waals surface area (Å²) in [6, 6.07) is 5.63. The summed E-state index contributed by atoms with van der Waals surface area (Å²) in [6.07, 6.45) is 0. The SMILES string of the molecule is COCCN(CCO)c1ccc(/C(N)=N/O)c(C)c1. The lowest BCUT2D eigenvalue weighted by atomic mass is 10.1. The lowest BCUT2D eigenvalue weighted by Crippen LogP contribution is -2.30. The van der Waals surface area contributed by atoms with Crippen LogP contribution in [0, 0.1) is 6.92 Å². The van der Waals surface area contributed by atoms with Crippen LogP contribution < -0.4 is 10.6 Å². The molecule has 19 heavy (non-hydrogen) atoms. The minimum absolute atomic E-state index is 0.0742. The van der Waals surface area contributed by atoms with Gasteiger partial charge >= 0.3 is 0 Å². The first-order chi connectivity index (χ1) is 9.13. The number of hydrogen-bond donors (Lipinski definition) is 3. The fraction of sp³-hybridized carbons (Fsp3) is 0.462. The first-order valence-electron chi connectivity index (χ1n) is 6.07. The summed E-state index contributed by atoms with van der Waals surface area (Å²) in [7, 11) is 1.64. The Morgan fingerprint density at radius 2 is 2.16 bits per heavy atom. The van der Waals surface area contributed by atoms with Crippen molar-refractivity contribution in [1.29, 1.82) is 0 Å². The number of nitrogens with two attached hydrogens (primary N) is 1. The van der Waals surface area contributed by atoms with Crippen LogP contribution in [0.5, 0.6) is 0 Å². The number of methoxy groups -OCH3 is 1. The molecule has 0 atom stereocenters. The molecule has 0 fully saturated rings. The van der Waals surface area contributed by atoms with Crippen molar-refractivity contribution < 1.29 is 15.1 Å². The molecule has 1 aromatic carbocycles. The molecule has 0 unspecified atom stereocenters. The molecule has 0 saturated heterocycles. The van der Waals surface area contributed by atoms with Crippen LogP contribution in [0.3, 0.4) is 0 Å². The molecule has 0 aliphatic carbocycles. The van der Waals surface area contributed by atoms with Gasteiger partial charge in [0.25, 0.3) is 0 Å². The highest BCUT2D eigenvalue weighted by Gasteiger charge is 2.09. The summed E-state index contributed by atoms with van der Waals surface area (Å²) in [5.41, 5.74) is 8.16. The van der Waals surface area contributed by atoms with E-state index in [1.807, 2.05) is 24.0 Å². The first-order valence-corrected chi connectivity index (χ1v) is 6.07. The number of hydrogen-bond acceptors (Lipinski definition) is 5. The number of oxime groups is 1. The maximum atomic E-state index is 9.09. The van der Waals surface area contributed by atoms with Gasteiger partial charge in [-0.15, -0.1) is 0 Å². The predicted octanol–water partition coefficient (Wildman–Crippen LogP) is 0.535. The van der Waals surface area contributed by atoms with Crippen LogP contribution in [0.4, 0.5) is 5.69 Å². The van der Waals surface area contributed by atoms with Crippen molar-refractivity contribution >= 4 is 11.5 Å². The van der Waals surface area contributed by atoms with Gasteiger partial charge in [0, 0.05) is 31.5 Å². The van der Waals surface area contributed by atoms with E-state index in [1.54, 1.807) is 13.2 Å². The molecule has 0 amide bonds. The second kappa shape index (κ2) is 7.60. The Morgan fingerprint density at radius 1 is 1.42 bits per heavy atom. The molecule has 0 spiro atoms. The molecule has 0 aromatic heterocycles. The smallest absolute Gasteiger partial charge is 0.170 e. The number of anilines is 1. The molecule has 0 heterocycles. The van der Waals surface area contributed by atoms with Gasteiger partial charge in [-0.2, -0.15) is 0 Å². The summed E-state index contributed by atoms with van der Waals surface area (Å²) in [5, 5.41) is 20.8. The van der Waals surface area contributed by atoms with Crippen LogP contribution >= 0.6 is 0 Å². The molecular weight excluding hydrogens is 246 g/mol. The van der Waals surface area contributed by atoms with E-state index in [2.05, 4.69) is 5.16 Å². The molecule has 6 nitrogen and oxygen atoms in total. The molecule has 0 saturated carbocycles. The molecule has 4 N–H and O–H groups in total. The van der Waals surface area contributed by atoms with E-state index in [0.29, 0.717) is 25.3 Å². The fourth-order valence-corrected chi connectivity index (χ4v) is 1.88. The van der Waals surface area contributed by atoms with Gasteiger partial charge < -0.3 is 25.7 Å². The van der Waals surface area contributed by atoms with Crippen LogP contribution in [-0.2, 0) is 4.74 Å². The van der Waals surface area contributed by atoms with Crippen LogP contribution in [0.2, 0.25) is 0 Å². The summed E-state index contributed by atoms with van der Waals surface area (Å²) in [5.74, 6) is 0.0923. The maximum Gasteiger partial charge on any atom is 0.170 e. The Morgan fingerprint density at radius 3 is 2.68 bits per heavy atom. The molecule has 0 bridgehead atoms. The van der Waals surface area contributed by atoms with Crippen molar-refractivity contribution in [3.05, 3.63) is 29.3 Å². The van der Waals surface area contributed by atoms with E-state index >= 15 is 0 Å². The van der Waals surface area contributed by atoms with Crippen molar-refractivity contribution in [2.75, 3.05) is 38.3 Å². The maximum absolute atomic E-state index is 9.09. The third kappa shape index (κ3) is 4.11. The van der Waals surface area contributed by atoms with Crippen LogP contribution in [0.1, 0.15) is 11.1 Å². The Kier molecular flexibility index (Phi) is 6.11. The first kappa shape index (κ1) is 15.3. The highest BCUT2D eigenvalue weighted by Crippen LogP contribution is 2.19. The second-order valence-electron chi connectivity index (χ2n) is 4.19. The van der Waals surface area contributed by atoms with Crippen molar-refractivity contribution in [1.82, 2.24) is 0 Å². The van der Waals surface area contributed by atoms with E-state index < -0.39 is 0 Å². The van der Waals surface area contributed by atoms with Gasteiger partial charge in [-0.1, -0.05) is 5.16 Å². The summed E-state index contributed by atoms with van der Waals surface area (Å²) >= 11 is 0. The van der Waals surface area contributed by atoms with E-state index in [0.717, 1.165) is 11.3 Å². The lowest BCUT2D eigenvalue weighted by Gasteiger charge is -2.24. The minimum atomic E-state index is 0.0742. The summed E-state index contributed by atoms with van der Waals surface area (Å²) in [6.45, 7) is 3.78. The average Bonchev–Trinajstić information content (AvgIpc) is 2.42. The van der Waals surface area contributed by atoms with Crippen molar-refractivity contribution in [3.8, 4) is 0 Å². The third-order valence-electron chi connectivity index (χ3n) is 2.89. The lowest BCUT2D eigenvalue weighted by molar-refractivity contribution is 0.203. The van der Waals surface area contributed by atoms with Gasteiger partial charge in [-0.05, 0) is 30.7 Å². The second-order valence-corrected chi connectivity index (χ2v) is 4.19. The van der Waals surface area contributed by atoms with Gasteiger partial charge in [0.1, 0.15) is 0 Å². The van der Waals surface area contributed by atoms with Crippen molar-refractivity contribution in [2.24, 2.45) is 10.9 Å².